The van der Waals surface area contributed by atoms with Crippen molar-refractivity contribution in [3.8, 4) is 28.3 Å². The van der Waals surface area contributed by atoms with Gasteiger partial charge in [0.05, 0.1) is 0 Å². The zero-order valence-corrected chi connectivity index (χ0v) is 15.0. The van der Waals surface area contributed by atoms with Gasteiger partial charge in [-0.2, -0.15) is 0 Å². The number of aromatic nitrogens is 2. The first-order valence-corrected chi connectivity index (χ1v) is 8.21. The molecule has 0 bridgehead atoms. The molecule has 3 rings (SSSR count). The number of rotatable bonds is 5. The van der Waals surface area contributed by atoms with Gasteiger partial charge in [-0.3, -0.25) is 9.59 Å². The highest BCUT2D eigenvalue weighted by Crippen LogP contribution is 2.31. The van der Waals surface area contributed by atoms with Crippen molar-refractivity contribution in [1.29, 1.82) is 0 Å². The van der Waals surface area contributed by atoms with Gasteiger partial charge in [0.25, 0.3) is 5.91 Å². The number of hydrogen-bond donors (Lipinski definition) is 3. The molecule has 138 valence electrons. The molecule has 1 amide bonds. The third-order valence-electron chi connectivity index (χ3n) is 3.44. The number of benzene rings is 1. The van der Waals surface area contributed by atoms with Gasteiger partial charge in [-0.1, -0.05) is 28.4 Å². The first-order chi connectivity index (χ1) is 12.8. The lowest BCUT2D eigenvalue weighted by atomic mass is 10.1. The maximum absolute atomic E-state index is 11.8. The summed E-state index contributed by atoms with van der Waals surface area (Å²) >= 11 is 12.0. The van der Waals surface area contributed by atoms with Crippen LogP contribution in [0.4, 0.5) is 0 Å². The summed E-state index contributed by atoms with van der Waals surface area (Å²) in [4.78, 5) is 26.2. The highest BCUT2D eigenvalue weighted by molar-refractivity contribution is 6.35. The van der Waals surface area contributed by atoms with Gasteiger partial charge in [0, 0.05) is 33.4 Å². The predicted molar refractivity (Wildman–Crippen MR) is 96.8 cm³/mol. The number of nitrogens with one attached hydrogen (secondary N) is 1. The number of nitrogens with zero attached hydrogens (tertiary/aromatic N) is 2. The van der Waals surface area contributed by atoms with Gasteiger partial charge in [-0.25, -0.2) is 4.98 Å². The Morgan fingerprint density at radius 1 is 1.07 bits per heavy atom. The van der Waals surface area contributed by atoms with Crippen LogP contribution in [0.1, 0.15) is 10.5 Å². The molecule has 0 saturated carbocycles. The van der Waals surface area contributed by atoms with Crippen LogP contribution in [0, 0.1) is 0 Å². The highest BCUT2D eigenvalue weighted by atomic mass is 35.5. The first kappa shape index (κ1) is 18.7. The lowest BCUT2D eigenvalue weighted by Gasteiger charge is -2.05. The molecule has 3 aromatic rings. The molecule has 10 heteroatoms. The van der Waals surface area contributed by atoms with Crippen molar-refractivity contribution in [2.75, 3.05) is 6.54 Å². The third kappa shape index (κ3) is 4.36. The van der Waals surface area contributed by atoms with Crippen LogP contribution in [0.3, 0.4) is 0 Å². The van der Waals surface area contributed by atoms with Gasteiger partial charge < -0.3 is 20.1 Å². The van der Waals surface area contributed by atoms with Crippen LogP contribution >= 0.6 is 23.2 Å². The minimum absolute atomic E-state index is 0.293. The van der Waals surface area contributed by atoms with Crippen LogP contribution in [-0.2, 0) is 4.79 Å². The normalized spacial score (nSPS) is 10.6. The minimum atomic E-state index is -1.21. The van der Waals surface area contributed by atoms with Crippen LogP contribution in [0.15, 0.2) is 41.1 Å². The second-order valence-electron chi connectivity index (χ2n) is 5.40. The van der Waals surface area contributed by atoms with Gasteiger partial charge >= 0.3 is 5.97 Å². The van der Waals surface area contributed by atoms with Crippen molar-refractivity contribution in [1.82, 2.24) is 15.5 Å². The molecule has 0 fully saturated rings. The average Bonchev–Trinajstić information content (AvgIpc) is 3.09. The van der Waals surface area contributed by atoms with E-state index in [1.165, 1.54) is 12.3 Å². The summed E-state index contributed by atoms with van der Waals surface area (Å²) in [6.07, 6.45) is 1.30. The molecule has 3 N–H and O–H groups in total. The molecule has 2 aromatic heterocycles. The van der Waals surface area contributed by atoms with E-state index in [-0.39, 0.29) is 5.69 Å². The summed E-state index contributed by atoms with van der Waals surface area (Å²) in [5, 5.41) is 25.5. The quantitative estimate of drug-likeness (QED) is 0.592. The number of carbonyl (C=O) groups excluding carboxylic acids is 1. The second-order valence-corrected chi connectivity index (χ2v) is 6.28. The van der Waals surface area contributed by atoms with E-state index < -0.39 is 24.2 Å². The van der Waals surface area contributed by atoms with Gasteiger partial charge in [0.1, 0.15) is 18.0 Å². The van der Waals surface area contributed by atoms with Crippen molar-refractivity contribution in [2.45, 2.75) is 0 Å². The summed E-state index contributed by atoms with van der Waals surface area (Å²) in [6.45, 7) is -0.588. The molecule has 2 heterocycles. The third-order valence-corrected chi connectivity index (χ3v) is 3.87. The molecule has 0 unspecified atom stereocenters. The fourth-order valence-corrected chi connectivity index (χ4v) is 2.78. The van der Waals surface area contributed by atoms with Gasteiger partial charge in [-0.05, 0) is 24.3 Å². The van der Waals surface area contributed by atoms with Crippen molar-refractivity contribution in [2.24, 2.45) is 0 Å². The maximum Gasteiger partial charge on any atom is 0.322 e. The Hall–Kier alpha value is -3.10. The zero-order valence-electron chi connectivity index (χ0n) is 13.4. The number of amides is 1. The number of halogens is 2. The van der Waals surface area contributed by atoms with E-state index in [4.69, 9.17) is 32.8 Å². The Morgan fingerprint density at radius 2 is 1.78 bits per heavy atom. The number of aliphatic carboxylic acids is 1. The molecule has 0 spiro atoms. The van der Waals surface area contributed by atoms with E-state index in [0.29, 0.717) is 32.6 Å². The highest BCUT2D eigenvalue weighted by Gasteiger charge is 2.17. The molecule has 0 atom stereocenters. The topological polar surface area (TPSA) is 126 Å². The fourth-order valence-electron chi connectivity index (χ4n) is 2.25. The molecular formula is C17H11Cl2N3O5. The van der Waals surface area contributed by atoms with Crippen LogP contribution in [-0.4, -0.2) is 38.8 Å². The molecular weight excluding hydrogens is 397 g/mol. The molecule has 0 aliphatic rings. The van der Waals surface area contributed by atoms with Crippen molar-refractivity contribution in [3.05, 3.63) is 52.3 Å². The van der Waals surface area contributed by atoms with Crippen LogP contribution in [0.2, 0.25) is 10.0 Å². The number of pyridine rings is 1. The Morgan fingerprint density at radius 3 is 2.41 bits per heavy atom. The van der Waals surface area contributed by atoms with Crippen molar-refractivity contribution < 1.29 is 24.3 Å². The Kier molecular flexibility index (Phi) is 5.29. The Balaban J connectivity index is 1.85. The summed E-state index contributed by atoms with van der Waals surface area (Å²) in [6, 6.07) is 7.78. The number of hydrogen-bond acceptors (Lipinski definition) is 6. The fraction of sp³-hybridized carbons (Fsp3) is 0.0588. The zero-order chi connectivity index (χ0) is 19.6. The van der Waals surface area contributed by atoms with E-state index in [1.807, 2.05) is 0 Å². The summed E-state index contributed by atoms with van der Waals surface area (Å²) in [5.74, 6) is -2.16. The predicted octanol–water partition coefficient (Wildman–Crippen LogP) is 3.23. The monoisotopic (exact) mass is 407 g/mol. The van der Waals surface area contributed by atoms with E-state index in [0.717, 1.165) is 0 Å². The van der Waals surface area contributed by atoms with Crippen molar-refractivity contribution >= 4 is 35.1 Å². The van der Waals surface area contributed by atoms with E-state index in [9.17, 15) is 14.7 Å². The van der Waals surface area contributed by atoms with Gasteiger partial charge in [0.15, 0.2) is 11.5 Å². The summed E-state index contributed by atoms with van der Waals surface area (Å²) in [7, 11) is 0. The number of carboxylic acids is 1. The summed E-state index contributed by atoms with van der Waals surface area (Å²) in [5.41, 5.74) is 1.18. The van der Waals surface area contributed by atoms with E-state index in [1.54, 1.807) is 24.3 Å². The summed E-state index contributed by atoms with van der Waals surface area (Å²) < 4.78 is 5.25. The molecule has 0 radical (unpaired) electrons. The van der Waals surface area contributed by atoms with Crippen LogP contribution < -0.4 is 5.32 Å². The van der Waals surface area contributed by atoms with Crippen molar-refractivity contribution in [3.63, 3.8) is 0 Å². The SMILES string of the molecule is O=C(O)CNC(=O)c1ncc(-c2cc(-c3cc(Cl)cc(Cl)c3)no2)cc1O. The molecule has 0 aliphatic carbocycles. The number of carbonyl (C=O) groups is 2. The van der Waals surface area contributed by atoms with Crippen LogP contribution in [0.25, 0.3) is 22.6 Å². The smallest absolute Gasteiger partial charge is 0.322 e. The molecule has 27 heavy (non-hydrogen) atoms. The molecule has 0 saturated heterocycles. The second kappa shape index (κ2) is 7.65. The average molecular weight is 408 g/mol. The molecule has 1 aromatic carbocycles. The van der Waals surface area contributed by atoms with Gasteiger partial charge in [-0.15, -0.1) is 0 Å². The van der Waals surface area contributed by atoms with Crippen LogP contribution in [0.5, 0.6) is 5.75 Å². The van der Waals surface area contributed by atoms with E-state index in [2.05, 4.69) is 15.5 Å². The Bertz CT molecular complexity index is 1010. The van der Waals surface area contributed by atoms with E-state index >= 15 is 0 Å². The van der Waals surface area contributed by atoms with Gasteiger partial charge in [0.2, 0.25) is 0 Å². The standard InChI is InChI=1S/C17H11Cl2N3O5/c18-10-1-8(2-11(19)4-10)12-5-14(27-22-12)9-3-13(23)16(20-6-9)17(26)21-7-15(24)25/h1-6,23H,7H2,(H,21,26)(H,24,25). The molecule has 8 nitrogen and oxygen atoms in total. The largest absolute Gasteiger partial charge is 0.505 e. The lowest BCUT2D eigenvalue weighted by molar-refractivity contribution is -0.135. The maximum atomic E-state index is 11.8. The lowest BCUT2D eigenvalue weighted by Crippen LogP contribution is -2.29. The molecule has 0 aliphatic heterocycles. The number of aromatic hydroxyl groups is 1. The number of carboxylic acid groups (broad SMARTS) is 1. The first-order valence-electron chi connectivity index (χ1n) is 7.46. The Labute approximate surface area is 162 Å². The minimum Gasteiger partial charge on any atom is -0.505 e.